The molecule has 2 aromatic carbocycles. The van der Waals surface area contributed by atoms with E-state index in [1.807, 2.05) is 48.7 Å². The van der Waals surface area contributed by atoms with Crippen LogP contribution in [0.15, 0.2) is 72.1 Å². The van der Waals surface area contributed by atoms with E-state index in [9.17, 15) is 9.59 Å². The van der Waals surface area contributed by atoms with Crippen molar-refractivity contribution in [3.05, 3.63) is 88.1 Å². The van der Waals surface area contributed by atoms with Crippen molar-refractivity contribution in [1.82, 2.24) is 5.32 Å². The summed E-state index contributed by atoms with van der Waals surface area (Å²) in [5.41, 5.74) is 2.36. The average molecular weight is 350 g/mol. The van der Waals surface area contributed by atoms with E-state index >= 15 is 0 Å². The van der Waals surface area contributed by atoms with Crippen molar-refractivity contribution in [1.29, 1.82) is 0 Å². The minimum Gasteiger partial charge on any atom is -0.359 e. The second kappa shape index (κ2) is 7.77. The highest BCUT2D eigenvalue weighted by atomic mass is 32.1. The van der Waals surface area contributed by atoms with E-state index in [2.05, 4.69) is 10.6 Å². The van der Waals surface area contributed by atoms with Crippen LogP contribution in [0.25, 0.3) is 0 Å². The largest absolute Gasteiger partial charge is 0.359 e. The van der Waals surface area contributed by atoms with Crippen molar-refractivity contribution >= 4 is 28.7 Å². The van der Waals surface area contributed by atoms with Crippen LogP contribution >= 0.6 is 11.3 Å². The second-order valence-electron chi connectivity index (χ2n) is 5.63. The van der Waals surface area contributed by atoms with Gasteiger partial charge in [-0.05, 0) is 48.2 Å². The number of thiophene rings is 1. The smallest absolute Gasteiger partial charge is 0.253 e. The van der Waals surface area contributed by atoms with Gasteiger partial charge in [-0.25, -0.2) is 0 Å². The first-order chi connectivity index (χ1) is 12.1. The lowest BCUT2D eigenvalue weighted by molar-refractivity contribution is 0.0871. The molecule has 0 radical (unpaired) electrons. The second-order valence-corrected chi connectivity index (χ2v) is 6.58. The number of ketones is 1. The van der Waals surface area contributed by atoms with E-state index in [0.717, 1.165) is 11.3 Å². The Morgan fingerprint density at radius 1 is 0.960 bits per heavy atom. The van der Waals surface area contributed by atoms with Crippen LogP contribution in [-0.2, 0) is 0 Å². The zero-order valence-corrected chi connectivity index (χ0v) is 14.5. The van der Waals surface area contributed by atoms with Crippen molar-refractivity contribution in [3.8, 4) is 0 Å². The number of amides is 1. The van der Waals surface area contributed by atoms with Crippen molar-refractivity contribution < 1.29 is 9.59 Å². The predicted octanol–water partition coefficient (Wildman–Crippen LogP) is 4.11. The standard InChI is InChI=1S/C20H18N2O2S/c1-14-7-5-10-16(13-14)21-19(18(23)17-11-6-12-25-17)22-20(24)15-8-3-2-4-9-15/h2-13,19,21H,1H3,(H,22,24)/t19-/m1/s1. The molecule has 0 fully saturated rings. The van der Waals surface area contributed by atoms with Crippen molar-refractivity contribution in [3.63, 3.8) is 0 Å². The highest BCUT2D eigenvalue weighted by molar-refractivity contribution is 7.12. The van der Waals surface area contributed by atoms with E-state index in [1.54, 1.807) is 30.3 Å². The van der Waals surface area contributed by atoms with Gasteiger partial charge in [0.25, 0.3) is 5.91 Å². The summed E-state index contributed by atoms with van der Waals surface area (Å²) >= 11 is 1.36. The van der Waals surface area contributed by atoms with Crippen LogP contribution in [0.2, 0.25) is 0 Å². The number of benzene rings is 2. The molecule has 3 rings (SSSR count). The Labute approximate surface area is 150 Å². The molecule has 0 saturated carbocycles. The average Bonchev–Trinajstić information content (AvgIpc) is 3.16. The molecule has 0 aliphatic heterocycles. The summed E-state index contributed by atoms with van der Waals surface area (Å²) < 4.78 is 0. The SMILES string of the molecule is Cc1cccc(N[C@H](NC(=O)c2ccccc2)C(=O)c2cccs2)c1. The molecule has 1 amide bonds. The Balaban J connectivity index is 1.83. The van der Waals surface area contributed by atoms with Crippen LogP contribution in [0, 0.1) is 6.92 Å². The number of carbonyl (C=O) groups is 2. The van der Waals surface area contributed by atoms with Gasteiger partial charge in [0.2, 0.25) is 5.78 Å². The number of nitrogens with one attached hydrogen (secondary N) is 2. The topological polar surface area (TPSA) is 58.2 Å². The summed E-state index contributed by atoms with van der Waals surface area (Å²) in [6.45, 7) is 1.98. The zero-order chi connectivity index (χ0) is 17.6. The van der Waals surface area contributed by atoms with Crippen LogP contribution in [0.4, 0.5) is 5.69 Å². The number of Topliss-reactive ketones (excluding diaryl/α,β-unsaturated/α-hetero) is 1. The first-order valence-corrected chi connectivity index (χ1v) is 8.78. The van der Waals surface area contributed by atoms with Crippen LogP contribution in [0.1, 0.15) is 25.6 Å². The maximum Gasteiger partial charge on any atom is 0.253 e. The molecule has 0 bridgehead atoms. The van der Waals surface area contributed by atoms with E-state index in [0.29, 0.717) is 10.4 Å². The molecular formula is C20H18N2O2S. The molecule has 4 nitrogen and oxygen atoms in total. The maximum atomic E-state index is 12.8. The van der Waals surface area contributed by atoms with Crippen LogP contribution in [-0.4, -0.2) is 17.9 Å². The zero-order valence-electron chi connectivity index (χ0n) is 13.7. The Hall–Kier alpha value is -2.92. The third kappa shape index (κ3) is 4.33. The number of hydrogen-bond acceptors (Lipinski definition) is 4. The number of hydrogen-bond donors (Lipinski definition) is 2. The lowest BCUT2D eigenvalue weighted by Gasteiger charge is -2.20. The van der Waals surface area contributed by atoms with Crippen molar-refractivity contribution in [2.24, 2.45) is 0 Å². The normalized spacial score (nSPS) is 11.6. The summed E-state index contributed by atoms with van der Waals surface area (Å²) in [6, 6.07) is 20.1. The monoisotopic (exact) mass is 350 g/mol. The molecule has 1 aromatic heterocycles. The molecule has 25 heavy (non-hydrogen) atoms. The third-order valence-electron chi connectivity index (χ3n) is 3.67. The lowest BCUT2D eigenvalue weighted by atomic mass is 10.1. The van der Waals surface area contributed by atoms with E-state index in [4.69, 9.17) is 0 Å². The summed E-state index contributed by atoms with van der Waals surface area (Å²) in [5, 5.41) is 7.77. The fraction of sp³-hybridized carbons (Fsp3) is 0.100. The molecule has 0 unspecified atom stereocenters. The summed E-state index contributed by atoms with van der Waals surface area (Å²) in [4.78, 5) is 25.9. The highest BCUT2D eigenvalue weighted by Crippen LogP contribution is 2.16. The molecule has 126 valence electrons. The summed E-state index contributed by atoms with van der Waals surface area (Å²) in [6.07, 6.45) is -0.840. The van der Waals surface area contributed by atoms with Gasteiger partial charge in [0, 0.05) is 11.3 Å². The highest BCUT2D eigenvalue weighted by Gasteiger charge is 2.23. The molecule has 2 N–H and O–H groups in total. The first kappa shape index (κ1) is 16.9. The number of aryl methyl sites for hydroxylation is 1. The molecule has 5 heteroatoms. The van der Waals surface area contributed by atoms with Gasteiger partial charge in [0.05, 0.1) is 4.88 Å². The fourth-order valence-electron chi connectivity index (χ4n) is 2.43. The number of anilines is 1. The summed E-state index contributed by atoms with van der Waals surface area (Å²) in [5.74, 6) is -0.462. The fourth-order valence-corrected chi connectivity index (χ4v) is 3.13. The van der Waals surface area contributed by atoms with Gasteiger partial charge in [0.15, 0.2) is 6.17 Å². The predicted molar refractivity (Wildman–Crippen MR) is 101 cm³/mol. The summed E-state index contributed by atoms with van der Waals surface area (Å²) in [7, 11) is 0. The molecule has 3 aromatic rings. The van der Waals surface area contributed by atoms with E-state index < -0.39 is 6.17 Å². The lowest BCUT2D eigenvalue weighted by Crippen LogP contribution is -2.46. The van der Waals surface area contributed by atoms with Gasteiger partial charge in [-0.2, -0.15) is 0 Å². The van der Waals surface area contributed by atoms with Crippen LogP contribution < -0.4 is 10.6 Å². The minimum atomic E-state index is -0.840. The molecule has 0 aliphatic carbocycles. The molecular weight excluding hydrogens is 332 g/mol. The quantitative estimate of drug-likeness (QED) is 0.520. The Bertz CT molecular complexity index is 860. The van der Waals surface area contributed by atoms with Gasteiger partial charge < -0.3 is 10.6 Å². The van der Waals surface area contributed by atoms with Crippen LogP contribution in [0.3, 0.4) is 0 Å². The molecule has 1 atom stereocenters. The van der Waals surface area contributed by atoms with Gasteiger partial charge in [-0.15, -0.1) is 11.3 Å². The Morgan fingerprint density at radius 2 is 1.76 bits per heavy atom. The van der Waals surface area contributed by atoms with E-state index in [-0.39, 0.29) is 11.7 Å². The van der Waals surface area contributed by atoms with Gasteiger partial charge in [-0.3, -0.25) is 9.59 Å². The minimum absolute atomic E-state index is 0.166. The van der Waals surface area contributed by atoms with E-state index in [1.165, 1.54) is 11.3 Å². The van der Waals surface area contributed by atoms with Crippen molar-refractivity contribution in [2.45, 2.75) is 13.1 Å². The van der Waals surface area contributed by atoms with Gasteiger partial charge in [0.1, 0.15) is 0 Å². The third-order valence-corrected chi connectivity index (χ3v) is 4.55. The van der Waals surface area contributed by atoms with Gasteiger partial charge in [-0.1, -0.05) is 36.4 Å². The Kier molecular flexibility index (Phi) is 5.26. The molecule has 1 heterocycles. The number of rotatable bonds is 6. The van der Waals surface area contributed by atoms with Crippen LogP contribution in [0.5, 0.6) is 0 Å². The Morgan fingerprint density at radius 3 is 2.44 bits per heavy atom. The molecule has 0 spiro atoms. The maximum absolute atomic E-state index is 12.8. The molecule has 0 aliphatic rings. The molecule has 0 saturated heterocycles. The first-order valence-electron chi connectivity index (χ1n) is 7.90. The number of carbonyl (C=O) groups excluding carboxylic acids is 2. The van der Waals surface area contributed by atoms with Gasteiger partial charge >= 0.3 is 0 Å². The van der Waals surface area contributed by atoms with Crippen molar-refractivity contribution in [2.75, 3.05) is 5.32 Å².